The van der Waals surface area contributed by atoms with Gasteiger partial charge in [0, 0.05) is 26.0 Å². The Hall–Kier alpha value is -2.47. The number of fused-ring (bicyclic) bond motifs is 2. The number of hydrogen-bond donors (Lipinski definition) is 0. The summed E-state index contributed by atoms with van der Waals surface area (Å²) < 4.78 is 8.50. The van der Waals surface area contributed by atoms with Crippen molar-refractivity contribution >= 4 is 21.9 Å². The molecule has 0 aliphatic carbocycles. The van der Waals surface area contributed by atoms with E-state index < -0.39 is 0 Å². The monoisotopic (exact) mass is 327 g/mol. The summed E-state index contributed by atoms with van der Waals surface area (Å²) in [4.78, 5) is 30.5. The van der Waals surface area contributed by atoms with E-state index in [-0.39, 0.29) is 16.4 Å². The highest BCUT2D eigenvalue weighted by molar-refractivity contribution is 5.91. The van der Waals surface area contributed by atoms with E-state index in [9.17, 15) is 9.59 Å². The van der Waals surface area contributed by atoms with Gasteiger partial charge in [0.2, 0.25) is 5.43 Å². The second kappa shape index (κ2) is 6.57. The molecule has 3 aromatic rings. The normalized spacial score (nSPS) is 11.5. The molecule has 0 N–H and O–H groups in total. The first-order valence-corrected chi connectivity index (χ1v) is 8.10. The first-order chi connectivity index (χ1) is 11.6. The molecule has 1 aromatic carbocycles. The van der Waals surface area contributed by atoms with E-state index in [4.69, 9.17) is 4.74 Å². The molecule has 0 aliphatic rings. The van der Waals surface area contributed by atoms with Gasteiger partial charge in [0.25, 0.3) is 5.56 Å². The summed E-state index contributed by atoms with van der Waals surface area (Å²) in [7, 11) is 3.43. The number of pyridine rings is 1. The summed E-state index contributed by atoms with van der Waals surface area (Å²) in [5.74, 6) is 0.692. The lowest BCUT2D eigenvalue weighted by Crippen LogP contribution is -2.31. The lowest BCUT2D eigenvalue weighted by molar-refractivity contribution is 0.185. The molecule has 0 unspecified atom stereocenters. The molecule has 0 amide bonds. The molecule has 0 aliphatic heterocycles. The zero-order valence-corrected chi connectivity index (χ0v) is 14.2. The number of ether oxygens (including phenoxy) is 1. The van der Waals surface area contributed by atoms with Crippen molar-refractivity contribution in [3.05, 3.63) is 50.7 Å². The van der Waals surface area contributed by atoms with Crippen LogP contribution < -0.4 is 11.0 Å². The van der Waals surface area contributed by atoms with E-state index in [0.29, 0.717) is 36.4 Å². The van der Waals surface area contributed by atoms with E-state index in [1.807, 2.05) is 30.7 Å². The smallest absolute Gasteiger partial charge is 0.267 e. The van der Waals surface area contributed by atoms with Gasteiger partial charge in [-0.15, -0.1) is 0 Å². The molecule has 0 saturated carbocycles. The van der Waals surface area contributed by atoms with Crippen molar-refractivity contribution in [2.45, 2.75) is 26.3 Å². The average Bonchev–Trinajstić information content (AvgIpc) is 2.59. The Morgan fingerprint density at radius 3 is 2.67 bits per heavy atom. The molecule has 126 valence electrons. The molecule has 2 heterocycles. The van der Waals surface area contributed by atoms with Gasteiger partial charge in [-0.05, 0) is 18.6 Å². The second-order valence-corrected chi connectivity index (χ2v) is 5.83. The minimum absolute atomic E-state index is 0.146. The third kappa shape index (κ3) is 2.53. The summed E-state index contributed by atoms with van der Waals surface area (Å²) in [6, 6.07) is 7.29. The lowest BCUT2D eigenvalue weighted by atomic mass is 10.1. The molecular weight excluding hydrogens is 306 g/mol. The van der Waals surface area contributed by atoms with Crippen LogP contribution in [0.4, 0.5) is 0 Å². The van der Waals surface area contributed by atoms with Crippen LogP contribution in [0.3, 0.4) is 0 Å². The van der Waals surface area contributed by atoms with Crippen molar-refractivity contribution in [3.63, 3.8) is 0 Å². The zero-order chi connectivity index (χ0) is 17.3. The first kappa shape index (κ1) is 16.4. The highest BCUT2D eigenvalue weighted by atomic mass is 16.5. The fourth-order valence-electron chi connectivity index (χ4n) is 3.06. The molecule has 0 atom stereocenters. The van der Waals surface area contributed by atoms with Crippen LogP contribution in [-0.2, 0) is 24.8 Å². The van der Waals surface area contributed by atoms with Crippen LogP contribution in [-0.4, -0.2) is 27.8 Å². The van der Waals surface area contributed by atoms with Crippen LogP contribution in [0.15, 0.2) is 33.9 Å². The number of aryl methyl sites for hydroxylation is 2. The molecule has 0 fully saturated rings. The topological polar surface area (TPSA) is 66.1 Å². The summed E-state index contributed by atoms with van der Waals surface area (Å²) in [5, 5.41) is 0.681. The average molecular weight is 327 g/mol. The lowest BCUT2D eigenvalue weighted by Gasteiger charge is -2.15. The van der Waals surface area contributed by atoms with E-state index >= 15 is 0 Å². The molecule has 6 heteroatoms. The number of aromatic nitrogens is 3. The summed E-state index contributed by atoms with van der Waals surface area (Å²) in [6.45, 7) is 2.83. The maximum Gasteiger partial charge on any atom is 0.267 e. The van der Waals surface area contributed by atoms with Crippen molar-refractivity contribution < 1.29 is 4.74 Å². The minimum Gasteiger partial charge on any atom is -0.383 e. The molecule has 3 rings (SSSR count). The molecule has 2 aromatic heterocycles. The fourth-order valence-corrected chi connectivity index (χ4v) is 3.06. The number of rotatable bonds is 5. The number of benzene rings is 1. The largest absolute Gasteiger partial charge is 0.383 e. The maximum absolute atomic E-state index is 13.0. The Kier molecular flexibility index (Phi) is 4.49. The van der Waals surface area contributed by atoms with Crippen molar-refractivity contribution in [1.82, 2.24) is 14.1 Å². The minimum atomic E-state index is -0.285. The predicted octanol–water partition coefficient (Wildman–Crippen LogP) is 1.85. The van der Waals surface area contributed by atoms with Crippen LogP contribution in [0.25, 0.3) is 21.9 Å². The summed E-state index contributed by atoms with van der Waals surface area (Å²) >= 11 is 0. The highest BCUT2D eigenvalue weighted by Gasteiger charge is 2.17. The Bertz CT molecular complexity index is 1020. The van der Waals surface area contributed by atoms with Gasteiger partial charge in [-0.2, -0.15) is 0 Å². The van der Waals surface area contributed by atoms with Gasteiger partial charge in [0.05, 0.1) is 18.7 Å². The standard InChI is InChI=1S/C18H21N3O3/c1-4-7-14-19-17-15(18(23)21(14)10-11-24-3)16(22)12-8-5-6-9-13(12)20(17)2/h5-6,8-9H,4,7,10-11H2,1-3H3. The molecule has 6 nitrogen and oxygen atoms in total. The van der Waals surface area contributed by atoms with Gasteiger partial charge < -0.3 is 9.30 Å². The third-order valence-corrected chi connectivity index (χ3v) is 4.28. The van der Waals surface area contributed by atoms with E-state index in [1.165, 1.54) is 0 Å². The third-order valence-electron chi connectivity index (χ3n) is 4.28. The van der Waals surface area contributed by atoms with Crippen LogP contribution in [0.5, 0.6) is 0 Å². The second-order valence-electron chi connectivity index (χ2n) is 5.83. The SMILES string of the molecule is CCCc1nc2c(c(=O)c3ccccc3n2C)c(=O)n1CCOC. The summed E-state index contributed by atoms with van der Waals surface area (Å²) in [6.07, 6.45) is 1.54. The Labute approximate surface area is 139 Å². The zero-order valence-electron chi connectivity index (χ0n) is 14.2. The van der Waals surface area contributed by atoms with Crippen LogP contribution in [0.2, 0.25) is 0 Å². The summed E-state index contributed by atoms with van der Waals surface area (Å²) in [5.41, 5.74) is 0.678. The van der Waals surface area contributed by atoms with Gasteiger partial charge in [0.15, 0.2) is 5.65 Å². The van der Waals surface area contributed by atoms with Gasteiger partial charge in [-0.3, -0.25) is 14.2 Å². The van der Waals surface area contributed by atoms with E-state index in [0.717, 1.165) is 11.9 Å². The quantitative estimate of drug-likeness (QED) is 0.671. The van der Waals surface area contributed by atoms with Crippen LogP contribution in [0, 0.1) is 0 Å². The molecule has 0 spiro atoms. The van der Waals surface area contributed by atoms with Gasteiger partial charge in [-0.25, -0.2) is 4.98 Å². The van der Waals surface area contributed by atoms with Crippen LogP contribution >= 0.6 is 0 Å². The number of nitrogens with zero attached hydrogens (tertiary/aromatic N) is 3. The number of hydrogen-bond acceptors (Lipinski definition) is 4. The molecule has 0 radical (unpaired) electrons. The maximum atomic E-state index is 13.0. The van der Waals surface area contributed by atoms with E-state index in [1.54, 1.807) is 23.8 Å². The highest BCUT2D eigenvalue weighted by Crippen LogP contribution is 2.15. The van der Waals surface area contributed by atoms with E-state index in [2.05, 4.69) is 4.98 Å². The number of methoxy groups -OCH3 is 1. The Morgan fingerprint density at radius 1 is 1.21 bits per heavy atom. The predicted molar refractivity (Wildman–Crippen MR) is 94.6 cm³/mol. The van der Waals surface area contributed by atoms with Gasteiger partial charge in [0.1, 0.15) is 11.2 Å². The Balaban J connectivity index is 2.46. The van der Waals surface area contributed by atoms with Crippen molar-refractivity contribution in [2.75, 3.05) is 13.7 Å². The fraction of sp³-hybridized carbons (Fsp3) is 0.389. The Morgan fingerprint density at radius 2 is 1.96 bits per heavy atom. The molecule has 0 saturated heterocycles. The van der Waals surface area contributed by atoms with Crippen LogP contribution in [0.1, 0.15) is 19.2 Å². The van der Waals surface area contributed by atoms with Crippen molar-refractivity contribution in [1.29, 1.82) is 0 Å². The van der Waals surface area contributed by atoms with Gasteiger partial charge >= 0.3 is 0 Å². The number of para-hydroxylation sites is 1. The van der Waals surface area contributed by atoms with Crippen molar-refractivity contribution in [2.24, 2.45) is 7.05 Å². The van der Waals surface area contributed by atoms with Crippen molar-refractivity contribution in [3.8, 4) is 0 Å². The first-order valence-electron chi connectivity index (χ1n) is 8.10. The molecule has 0 bridgehead atoms. The van der Waals surface area contributed by atoms with Gasteiger partial charge in [-0.1, -0.05) is 19.1 Å². The molecular formula is C18H21N3O3. The molecule has 24 heavy (non-hydrogen) atoms.